The Kier molecular flexibility index (Phi) is 3.70. The lowest BCUT2D eigenvalue weighted by Gasteiger charge is -2.30. The van der Waals surface area contributed by atoms with Gasteiger partial charge in [0.05, 0.1) is 5.56 Å². The third kappa shape index (κ3) is 2.50. The normalized spacial score (nSPS) is 14.1. The Balaban J connectivity index is 2.33. The second kappa shape index (κ2) is 5.69. The Morgan fingerprint density at radius 1 is 1.30 bits per heavy atom. The molecule has 23 heavy (non-hydrogen) atoms. The van der Waals surface area contributed by atoms with Crippen LogP contribution in [0.5, 0.6) is 0 Å². The summed E-state index contributed by atoms with van der Waals surface area (Å²) >= 11 is 0. The van der Waals surface area contributed by atoms with Crippen molar-refractivity contribution in [3.63, 3.8) is 0 Å². The van der Waals surface area contributed by atoms with E-state index in [1.54, 1.807) is 4.57 Å². The first kappa shape index (κ1) is 15.0. The van der Waals surface area contributed by atoms with Crippen molar-refractivity contribution in [2.45, 2.75) is 25.3 Å². The maximum Gasteiger partial charge on any atom is 0.254 e. The summed E-state index contributed by atoms with van der Waals surface area (Å²) in [6.45, 7) is 0. The minimum absolute atomic E-state index is 0.0718. The van der Waals surface area contributed by atoms with Crippen molar-refractivity contribution in [2.24, 2.45) is 5.73 Å². The van der Waals surface area contributed by atoms with E-state index in [0.717, 1.165) is 19.3 Å². The zero-order valence-corrected chi connectivity index (χ0v) is 12.3. The first-order valence-electron chi connectivity index (χ1n) is 7.28. The van der Waals surface area contributed by atoms with E-state index in [1.165, 1.54) is 30.5 Å². The SMILES string of the molecule is N#Cc1c(-c2ccc(F)cc2)c(=O)c(C(N)=O)cn1C1CCC1. The van der Waals surface area contributed by atoms with E-state index < -0.39 is 17.2 Å². The zero-order valence-electron chi connectivity index (χ0n) is 12.3. The predicted octanol–water partition coefficient (Wildman–Crippen LogP) is 2.35. The molecule has 0 spiro atoms. The van der Waals surface area contributed by atoms with Crippen LogP contribution in [0.4, 0.5) is 4.39 Å². The van der Waals surface area contributed by atoms with Crippen LogP contribution < -0.4 is 11.2 Å². The smallest absolute Gasteiger partial charge is 0.254 e. The van der Waals surface area contributed by atoms with Gasteiger partial charge in [0.15, 0.2) is 0 Å². The van der Waals surface area contributed by atoms with Gasteiger partial charge < -0.3 is 10.3 Å². The average molecular weight is 311 g/mol. The van der Waals surface area contributed by atoms with Gasteiger partial charge in [-0.3, -0.25) is 9.59 Å². The standard InChI is InChI=1S/C17H14FN3O2/c18-11-6-4-10(5-7-11)15-14(8-19)21(12-2-1-3-12)9-13(16(15)22)17(20)23/h4-7,9,12H,1-3H2,(H2,20,23). The molecule has 3 rings (SSSR count). The second-order valence-corrected chi connectivity index (χ2v) is 5.57. The number of nitrogens with zero attached hydrogens (tertiary/aromatic N) is 2. The highest BCUT2D eigenvalue weighted by Crippen LogP contribution is 2.34. The largest absolute Gasteiger partial charge is 0.365 e. The monoisotopic (exact) mass is 311 g/mol. The summed E-state index contributed by atoms with van der Waals surface area (Å²) in [6, 6.07) is 7.38. The first-order chi connectivity index (χ1) is 11.0. The zero-order chi connectivity index (χ0) is 16.6. The third-order valence-corrected chi connectivity index (χ3v) is 4.21. The summed E-state index contributed by atoms with van der Waals surface area (Å²) in [6.07, 6.45) is 4.15. The van der Waals surface area contributed by atoms with Crippen molar-refractivity contribution in [3.05, 3.63) is 57.8 Å². The number of nitriles is 1. The lowest BCUT2D eigenvalue weighted by molar-refractivity contribution is 0.0998. The van der Waals surface area contributed by atoms with Gasteiger partial charge in [0.25, 0.3) is 5.91 Å². The minimum Gasteiger partial charge on any atom is -0.365 e. The van der Waals surface area contributed by atoms with E-state index in [-0.39, 0.29) is 22.9 Å². The second-order valence-electron chi connectivity index (χ2n) is 5.57. The molecule has 0 atom stereocenters. The fourth-order valence-electron chi connectivity index (χ4n) is 2.76. The molecule has 1 fully saturated rings. The quantitative estimate of drug-likeness (QED) is 0.943. The molecule has 0 bridgehead atoms. The fraction of sp³-hybridized carbons (Fsp3) is 0.235. The average Bonchev–Trinajstić information content (AvgIpc) is 2.47. The number of hydrogen-bond donors (Lipinski definition) is 1. The number of carbonyl (C=O) groups excluding carboxylic acids is 1. The Morgan fingerprint density at radius 2 is 1.96 bits per heavy atom. The summed E-state index contributed by atoms with van der Waals surface area (Å²) in [5.74, 6) is -1.28. The van der Waals surface area contributed by atoms with Gasteiger partial charge in [-0.2, -0.15) is 5.26 Å². The van der Waals surface area contributed by atoms with Gasteiger partial charge in [-0.15, -0.1) is 0 Å². The van der Waals surface area contributed by atoms with Crippen LogP contribution in [0.3, 0.4) is 0 Å². The molecule has 116 valence electrons. The molecule has 6 heteroatoms. The predicted molar refractivity (Wildman–Crippen MR) is 82.2 cm³/mol. The van der Waals surface area contributed by atoms with Crippen LogP contribution in [0, 0.1) is 17.1 Å². The molecule has 1 saturated carbocycles. The molecule has 0 aliphatic heterocycles. The Labute approximate surface area is 131 Å². The van der Waals surface area contributed by atoms with E-state index in [2.05, 4.69) is 6.07 Å². The van der Waals surface area contributed by atoms with Crippen LogP contribution in [0.1, 0.15) is 41.4 Å². The van der Waals surface area contributed by atoms with Gasteiger partial charge in [0.2, 0.25) is 5.43 Å². The maximum absolute atomic E-state index is 13.1. The topological polar surface area (TPSA) is 88.9 Å². The highest BCUT2D eigenvalue weighted by Gasteiger charge is 2.26. The van der Waals surface area contributed by atoms with Gasteiger partial charge >= 0.3 is 0 Å². The van der Waals surface area contributed by atoms with Crippen molar-refractivity contribution < 1.29 is 9.18 Å². The summed E-state index contributed by atoms with van der Waals surface area (Å²) in [7, 11) is 0. The first-order valence-corrected chi connectivity index (χ1v) is 7.28. The van der Waals surface area contributed by atoms with Crippen LogP contribution in [-0.4, -0.2) is 10.5 Å². The lowest BCUT2D eigenvalue weighted by atomic mass is 9.91. The fourth-order valence-corrected chi connectivity index (χ4v) is 2.76. The summed E-state index contributed by atoms with van der Waals surface area (Å²) in [4.78, 5) is 24.2. The highest BCUT2D eigenvalue weighted by molar-refractivity contribution is 5.94. The molecular weight excluding hydrogens is 297 g/mol. The number of halogens is 1. The van der Waals surface area contributed by atoms with Crippen molar-refractivity contribution >= 4 is 5.91 Å². The highest BCUT2D eigenvalue weighted by atomic mass is 19.1. The number of pyridine rings is 1. The molecule has 1 aromatic carbocycles. The van der Waals surface area contributed by atoms with E-state index in [0.29, 0.717) is 5.56 Å². The molecule has 1 amide bonds. The maximum atomic E-state index is 13.1. The molecule has 1 heterocycles. The van der Waals surface area contributed by atoms with Gasteiger partial charge in [0.1, 0.15) is 23.1 Å². The Hall–Kier alpha value is -2.94. The van der Waals surface area contributed by atoms with Crippen LogP contribution in [0.2, 0.25) is 0 Å². The molecule has 5 nitrogen and oxygen atoms in total. The number of rotatable bonds is 3. The molecule has 0 radical (unpaired) electrons. The Bertz CT molecular complexity index is 874. The van der Waals surface area contributed by atoms with Gasteiger partial charge in [-0.05, 0) is 37.0 Å². The molecule has 2 N–H and O–H groups in total. The number of primary amides is 1. The Morgan fingerprint density at radius 3 is 2.43 bits per heavy atom. The molecule has 2 aromatic rings. The number of nitrogens with two attached hydrogens (primary N) is 1. The van der Waals surface area contributed by atoms with Crippen molar-refractivity contribution in [1.29, 1.82) is 5.26 Å². The van der Waals surface area contributed by atoms with Gasteiger partial charge in [0, 0.05) is 12.2 Å². The van der Waals surface area contributed by atoms with Crippen LogP contribution in [0.15, 0.2) is 35.3 Å². The molecule has 1 aromatic heterocycles. The molecular formula is C17H14FN3O2. The van der Waals surface area contributed by atoms with Crippen LogP contribution >= 0.6 is 0 Å². The van der Waals surface area contributed by atoms with Crippen LogP contribution in [-0.2, 0) is 0 Å². The summed E-state index contributed by atoms with van der Waals surface area (Å²) < 4.78 is 14.8. The summed E-state index contributed by atoms with van der Waals surface area (Å²) in [5, 5.41) is 9.54. The van der Waals surface area contributed by atoms with Crippen molar-refractivity contribution in [2.75, 3.05) is 0 Å². The number of hydrogen-bond acceptors (Lipinski definition) is 3. The molecule has 1 aliphatic rings. The molecule has 0 saturated heterocycles. The molecule has 0 unspecified atom stereocenters. The minimum atomic E-state index is -0.837. The van der Waals surface area contributed by atoms with Crippen molar-refractivity contribution in [3.8, 4) is 17.2 Å². The van der Waals surface area contributed by atoms with Crippen molar-refractivity contribution in [1.82, 2.24) is 4.57 Å². The number of benzene rings is 1. The number of aromatic nitrogens is 1. The van der Waals surface area contributed by atoms with Gasteiger partial charge in [-0.1, -0.05) is 12.1 Å². The van der Waals surface area contributed by atoms with Gasteiger partial charge in [-0.25, -0.2) is 4.39 Å². The number of carbonyl (C=O) groups is 1. The third-order valence-electron chi connectivity index (χ3n) is 4.21. The number of amides is 1. The lowest BCUT2D eigenvalue weighted by Crippen LogP contribution is -2.29. The van der Waals surface area contributed by atoms with E-state index >= 15 is 0 Å². The summed E-state index contributed by atoms with van der Waals surface area (Å²) in [5.41, 5.74) is 5.22. The van der Waals surface area contributed by atoms with E-state index in [9.17, 15) is 19.2 Å². The van der Waals surface area contributed by atoms with Crippen LogP contribution in [0.25, 0.3) is 11.1 Å². The molecule has 1 aliphatic carbocycles. The van der Waals surface area contributed by atoms with E-state index in [1.807, 2.05) is 0 Å². The van der Waals surface area contributed by atoms with E-state index in [4.69, 9.17) is 5.73 Å².